The molecule has 0 aliphatic heterocycles. The van der Waals surface area contributed by atoms with Crippen LogP contribution in [0.5, 0.6) is 0 Å². The molecule has 23 valence electrons. The van der Waals surface area contributed by atoms with Gasteiger partial charge in [0.05, 0.1) is 0 Å². The van der Waals surface area contributed by atoms with Crippen molar-refractivity contribution in [2.24, 2.45) is 0 Å². The maximum absolute atomic E-state index is 0. The molecule has 0 aliphatic carbocycles. The summed E-state index contributed by atoms with van der Waals surface area (Å²) < 4.78 is 0. The Bertz CT molecular complexity index is 8.00. The van der Waals surface area contributed by atoms with E-state index in [0.717, 1.165) is 0 Å². The monoisotopic (exact) mass is 443 g/mol. The molecule has 0 aromatic rings. The number of rotatable bonds is 0. The van der Waals surface area contributed by atoms with Crippen molar-refractivity contribution >= 4 is 0 Å². The van der Waals surface area contributed by atoms with Crippen molar-refractivity contribution in [2.45, 2.75) is 0 Å². The predicted molar refractivity (Wildman–Crippen MR) is 0 cm³/mol. The molecule has 0 spiro atoms. The molecule has 0 saturated carbocycles. The van der Waals surface area contributed by atoms with Crippen molar-refractivity contribution in [2.75, 3.05) is 0 Å². The summed E-state index contributed by atoms with van der Waals surface area (Å²) in [5.74, 6) is 0. The van der Waals surface area contributed by atoms with E-state index in [9.17, 15) is 0 Å². The summed E-state index contributed by atoms with van der Waals surface area (Å²) >= 11 is 0. The molecule has 0 rings (SSSR count). The molecule has 0 aromatic heterocycles. The third kappa shape index (κ3) is 8.85. The largest absolute Gasteiger partial charge is 0 e. The summed E-state index contributed by atoms with van der Waals surface area (Å²) in [4.78, 5) is 0. The van der Waals surface area contributed by atoms with Gasteiger partial charge in [0.1, 0.15) is 0 Å². The van der Waals surface area contributed by atoms with E-state index < -0.39 is 0 Å². The fourth-order valence-corrected chi connectivity index (χ4v) is 0. The Morgan fingerprint density at radius 2 is 1.00 bits per heavy atom. The summed E-state index contributed by atoms with van der Waals surface area (Å²) in [7, 11) is 0. The Morgan fingerprint density at radius 1 is 1.00 bits per heavy atom. The third-order valence-electron chi connectivity index (χ3n) is 0. The Balaban J connectivity index is 0. The van der Waals surface area contributed by atoms with Crippen molar-refractivity contribution in [3.63, 3.8) is 0 Å². The van der Waals surface area contributed by atoms with E-state index in [4.69, 9.17) is 0 Å². The van der Waals surface area contributed by atoms with Crippen LogP contribution in [0.3, 0.4) is 0 Å². The van der Waals surface area contributed by atoms with Crippen molar-refractivity contribution in [3.05, 3.63) is 0 Å². The minimum Gasteiger partial charge on any atom is 0 e. The first-order valence-corrected chi connectivity index (χ1v) is 0. The van der Waals surface area contributed by atoms with Crippen molar-refractivity contribution in [1.29, 1.82) is 0 Å². The predicted octanol–water partition coefficient (Wildman–Crippen LogP) is -0.00750. The molecule has 1 radical (unpaired) electrons. The van der Waals surface area contributed by atoms with Gasteiger partial charge in [-0.15, -0.1) is 0 Å². The molecule has 0 bridgehead atoms. The van der Waals surface area contributed by atoms with Gasteiger partial charge in [-0.05, 0) is 0 Å². The molecule has 0 fully saturated rings. The number of hydrogen-bond donors (Lipinski definition) is 0. The zero-order valence-corrected chi connectivity index (χ0v) is 10.4. The van der Waals surface area contributed by atoms with Crippen molar-refractivity contribution < 1.29 is 87.8 Å². The van der Waals surface area contributed by atoms with Gasteiger partial charge in [0.25, 0.3) is 0 Å². The van der Waals surface area contributed by atoms with E-state index in [2.05, 4.69) is 0 Å². The summed E-state index contributed by atoms with van der Waals surface area (Å²) in [5.41, 5.74) is 0. The van der Waals surface area contributed by atoms with Crippen LogP contribution in [0.1, 0.15) is 0 Å². The van der Waals surface area contributed by atoms with Gasteiger partial charge in [0, 0.05) is 87.8 Å². The van der Waals surface area contributed by atoms with Gasteiger partial charge in [0.2, 0.25) is 0 Å². The Hall–Kier alpha value is 2.84. The molecule has 0 nitrogen and oxygen atoms in total. The first-order chi connectivity index (χ1) is 0. The quantitative estimate of drug-likeness (QED) is 0.465. The topological polar surface area (TPSA) is 0 Å². The van der Waals surface area contributed by atoms with Crippen LogP contribution in [0.15, 0.2) is 0 Å². The van der Waals surface area contributed by atoms with Gasteiger partial charge >= 0.3 is 0 Å². The zero-order valence-electron chi connectivity index (χ0n) is 1.71. The van der Waals surface area contributed by atoms with Gasteiger partial charge in [-0.2, -0.15) is 0 Å². The smallest absolute Gasteiger partial charge is 0 e. The van der Waals surface area contributed by atoms with Gasteiger partial charge in [0.15, 0.2) is 0 Å². The van der Waals surface area contributed by atoms with Gasteiger partial charge in [-0.25, -0.2) is 0 Å². The summed E-state index contributed by atoms with van der Waals surface area (Å²) in [6.45, 7) is 0. The Kier molecular flexibility index (Phi) is 122. The van der Waals surface area contributed by atoms with Crippen LogP contribution in [0, 0.1) is 31.1 Å². The molecule has 4 heteroatoms. The van der Waals surface area contributed by atoms with Crippen LogP contribution in [0.25, 0.3) is 0 Å². The molecule has 0 unspecified atom stereocenters. The van der Waals surface area contributed by atoms with E-state index in [-0.39, 0.29) is 87.8 Å². The second kappa shape index (κ2) is 17.0. The minimum atomic E-state index is 0. The molecule has 0 amide bonds. The van der Waals surface area contributed by atoms with Crippen molar-refractivity contribution in [1.82, 2.24) is 0 Å². The average molecular weight is 441 g/mol. The maximum atomic E-state index is 0. The molecular formula is FeMoUV. The van der Waals surface area contributed by atoms with E-state index >= 15 is 0 Å². The van der Waals surface area contributed by atoms with Gasteiger partial charge < -0.3 is 0 Å². The second-order valence-electron chi connectivity index (χ2n) is 0. The van der Waals surface area contributed by atoms with Gasteiger partial charge in [-0.3, -0.25) is 0 Å². The third-order valence-corrected chi connectivity index (χ3v) is 0. The fourth-order valence-electron chi connectivity index (χ4n) is 0. The Morgan fingerprint density at radius 3 is 1.00 bits per heavy atom. The summed E-state index contributed by atoms with van der Waals surface area (Å²) in [6.07, 6.45) is 0. The summed E-state index contributed by atoms with van der Waals surface area (Å²) in [6, 6.07) is 0. The van der Waals surface area contributed by atoms with E-state index in [1.54, 1.807) is 0 Å². The van der Waals surface area contributed by atoms with Crippen LogP contribution >= 0.6 is 0 Å². The van der Waals surface area contributed by atoms with Gasteiger partial charge in [-0.1, -0.05) is 0 Å². The number of hydrogen-bond acceptors (Lipinski definition) is 0. The van der Waals surface area contributed by atoms with Crippen LogP contribution < -0.4 is 0 Å². The maximum Gasteiger partial charge on any atom is 0 e. The van der Waals surface area contributed by atoms with Crippen LogP contribution in [-0.4, -0.2) is 0 Å². The summed E-state index contributed by atoms with van der Waals surface area (Å²) in [5, 5.41) is 0. The van der Waals surface area contributed by atoms with Crippen molar-refractivity contribution in [3.8, 4) is 0 Å². The van der Waals surface area contributed by atoms with E-state index in [1.807, 2.05) is 0 Å². The molecule has 0 heterocycles. The normalized spacial score (nSPS) is 0. The fraction of sp³-hybridized carbons (Fsp3) is 0. The molecule has 4 heavy (non-hydrogen) atoms. The SMILES string of the molecule is [Fe].[Mo].[U].[V]. The first-order valence-electron chi connectivity index (χ1n) is 0. The van der Waals surface area contributed by atoms with E-state index in [0.29, 0.717) is 0 Å². The Labute approximate surface area is 86.2 Å². The molecular weight excluding hydrogens is 441 g/mol. The molecule has 0 aliphatic rings. The van der Waals surface area contributed by atoms with E-state index in [1.165, 1.54) is 0 Å². The zero-order chi connectivity index (χ0) is 0. The molecule has 0 N–H and O–H groups in total. The molecule has 0 saturated heterocycles. The first kappa shape index (κ1) is 28.9. The van der Waals surface area contributed by atoms with Crippen LogP contribution in [0.4, 0.5) is 0 Å². The standard InChI is InChI=1S/Fe.Mo.U.V. The minimum absolute atomic E-state index is 0. The van der Waals surface area contributed by atoms with Crippen LogP contribution in [0.2, 0.25) is 0 Å². The molecule has 0 atom stereocenters. The van der Waals surface area contributed by atoms with Crippen LogP contribution in [-0.2, 0) is 56.7 Å². The molecule has 0 aromatic carbocycles. The average Bonchev–Trinajstić information content (AvgIpc) is 0. The second-order valence-corrected chi connectivity index (χ2v) is 0.